The minimum atomic E-state index is -0.717. The largest absolute Gasteiger partial charge is 0.465 e. The molecule has 0 amide bonds. The summed E-state index contributed by atoms with van der Waals surface area (Å²) in [5, 5.41) is 12.0. The van der Waals surface area contributed by atoms with Gasteiger partial charge in [-0.15, -0.1) is 11.3 Å². The van der Waals surface area contributed by atoms with Gasteiger partial charge in [0, 0.05) is 13.1 Å². The van der Waals surface area contributed by atoms with E-state index in [0.717, 1.165) is 5.56 Å². The highest BCUT2D eigenvalue weighted by Gasteiger charge is 2.17. The SMILES string of the molecule is COC(=O)c1sccc1CN(C)C[C@@H](O)c1ccc(F)cc1. The Labute approximate surface area is 132 Å². The zero-order valence-corrected chi connectivity index (χ0v) is 13.3. The lowest BCUT2D eigenvalue weighted by atomic mass is 10.1. The number of benzene rings is 1. The molecule has 0 aliphatic rings. The third-order valence-corrected chi connectivity index (χ3v) is 4.23. The lowest BCUT2D eigenvalue weighted by Crippen LogP contribution is -2.24. The van der Waals surface area contributed by atoms with Crippen molar-refractivity contribution in [3.8, 4) is 0 Å². The number of hydrogen-bond acceptors (Lipinski definition) is 5. The summed E-state index contributed by atoms with van der Waals surface area (Å²) in [5.41, 5.74) is 1.53. The van der Waals surface area contributed by atoms with E-state index < -0.39 is 6.10 Å². The predicted molar refractivity (Wildman–Crippen MR) is 83.4 cm³/mol. The highest BCUT2D eigenvalue weighted by atomic mass is 32.1. The molecule has 1 aromatic heterocycles. The molecule has 118 valence electrons. The number of likely N-dealkylation sites (N-methyl/N-ethyl adjacent to an activating group) is 1. The number of ether oxygens (including phenoxy) is 1. The number of thiophene rings is 1. The first-order chi connectivity index (χ1) is 10.5. The fourth-order valence-corrected chi connectivity index (χ4v) is 3.00. The van der Waals surface area contributed by atoms with Crippen LogP contribution in [0.4, 0.5) is 4.39 Å². The first kappa shape index (κ1) is 16.6. The molecule has 0 aliphatic heterocycles. The van der Waals surface area contributed by atoms with Gasteiger partial charge in [0.05, 0.1) is 13.2 Å². The van der Waals surface area contributed by atoms with Gasteiger partial charge in [-0.25, -0.2) is 9.18 Å². The molecular weight excluding hydrogens is 305 g/mol. The summed E-state index contributed by atoms with van der Waals surface area (Å²) in [6, 6.07) is 7.66. The highest BCUT2D eigenvalue weighted by Crippen LogP contribution is 2.21. The monoisotopic (exact) mass is 323 g/mol. The first-order valence-corrected chi connectivity index (χ1v) is 7.66. The summed E-state index contributed by atoms with van der Waals surface area (Å²) < 4.78 is 17.6. The maximum Gasteiger partial charge on any atom is 0.348 e. The van der Waals surface area contributed by atoms with Crippen molar-refractivity contribution in [2.45, 2.75) is 12.6 Å². The molecule has 0 unspecified atom stereocenters. The standard InChI is InChI=1S/C16H18FNO3S/c1-18(9-12-7-8-22-15(12)16(20)21-2)10-14(19)11-3-5-13(17)6-4-11/h3-8,14,19H,9-10H2,1-2H3/t14-/m1/s1. The van der Waals surface area contributed by atoms with E-state index in [4.69, 9.17) is 4.74 Å². The minimum Gasteiger partial charge on any atom is -0.465 e. The average molecular weight is 323 g/mol. The number of esters is 1. The summed E-state index contributed by atoms with van der Waals surface area (Å²) in [6.45, 7) is 0.897. The van der Waals surface area contributed by atoms with Crippen LogP contribution in [0.15, 0.2) is 35.7 Å². The maximum atomic E-state index is 12.9. The van der Waals surface area contributed by atoms with Gasteiger partial charge in [-0.3, -0.25) is 4.90 Å². The highest BCUT2D eigenvalue weighted by molar-refractivity contribution is 7.12. The third-order valence-electron chi connectivity index (χ3n) is 3.30. The molecule has 0 radical (unpaired) electrons. The second-order valence-corrected chi connectivity index (χ2v) is 5.95. The molecule has 1 heterocycles. The van der Waals surface area contributed by atoms with E-state index in [1.807, 2.05) is 23.4 Å². The smallest absolute Gasteiger partial charge is 0.348 e. The van der Waals surface area contributed by atoms with Crippen LogP contribution in [0, 0.1) is 5.82 Å². The van der Waals surface area contributed by atoms with Crippen molar-refractivity contribution in [1.82, 2.24) is 4.90 Å². The van der Waals surface area contributed by atoms with Crippen LogP contribution in [0.1, 0.15) is 26.9 Å². The number of aliphatic hydroxyl groups excluding tert-OH is 1. The van der Waals surface area contributed by atoms with E-state index in [9.17, 15) is 14.3 Å². The normalized spacial score (nSPS) is 12.4. The number of hydrogen-bond donors (Lipinski definition) is 1. The lowest BCUT2D eigenvalue weighted by molar-refractivity contribution is 0.0604. The molecule has 0 saturated carbocycles. The Hall–Kier alpha value is -1.76. The van der Waals surface area contributed by atoms with Gasteiger partial charge < -0.3 is 9.84 Å². The van der Waals surface area contributed by atoms with Crippen molar-refractivity contribution >= 4 is 17.3 Å². The summed E-state index contributed by atoms with van der Waals surface area (Å²) in [5.74, 6) is -0.678. The molecule has 0 bridgehead atoms. The summed E-state index contributed by atoms with van der Waals surface area (Å²) in [4.78, 5) is 14.1. The Morgan fingerprint density at radius 1 is 1.36 bits per heavy atom. The second kappa shape index (κ2) is 7.49. The second-order valence-electron chi connectivity index (χ2n) is 5.03. The van der Waals surface area contributed by atoms with E-state index in [2.05, 4.69) is 0 Å². The van der Waals surface area contributed by atoms with Gasteiger partial charge in [0.2, 0.25) is 0 Å². The lowest BCUT2D eigenvalue weighted by Gasteiger charge is -2.20. The van der Waals surface area contributed by atoms with Gasteiger partial charge in [0.15, 0.2) is 0 Å². The van der Waals surface area contributed by atoms with Gasteiger partial charge in [-0.2, -0.15) is 0 Å². The summed E-state index contributed by atoms with van der Waals surface area (Å²) >= 11 is 1.34. The van der Waals surface area contributed by atoms with Crippen molar-refractivity contribution < 1.29 is 19.0 Å². The van der Waals surface area contributed by atoms with Crippen LogP contribution < -0.4 is 0 Å². The predicted octanol–water partition coefficient (Wildman–Crippen LogP) is 2.84. The molecule has 0 saturated heterocycles. The van der Waals surface area contributed by atoms with E-state index in [0.29, 0.717) is 23.5 Å². The molecule has 0 fully saturated rings. The van der Waals surface area contributed by atoms with Crippen molar-refractivity contribution in [3.63, 3.8) is 0 Å². The third kappa shape index (κ3) is 4.13. The number of carbonyl (C=O) groups excluding carboxylic acids is 1. The fourth-order valence-electron chi connectivity index (χ4n) is 2.17. The van der Waals surface area contributed by atoms with E-state index in [1.165, 1.54) is 30.6 Å². The van der Waals surface area contributed by atoms with Crippen LogP contribution in [0.2, 0.25) is 0 Å². The Morgan fingerprint density at radius 2 is 2.05 bits per heavy atom. The van der Waals surface area contributed by atoms with Crippen LogP contribution in [0.3, 0.4) is 0 Å². The molecule has 1 atom stereocenters. The molecule has 22 heavy (non-hydrogen) atoms. The number of aliphatic hydroxyl groups is 1. The van der Waals surface area contributed by atoms with Crippen molar-refractivity contribution in [2.75, 3.05) is 20.7 Å². The van der Waals surface area contributed by atoms with Crippen molar-refractivity contribution in [2.24, 2.45) is 0 Å². The number of carbonyl (C=O) groups is 1. The van der Waals surface area contributed by atoms with E-state index >= 15 is 0 Å². The van der Waals surface area contributed by atoms with Crippen LogP contribution in [-0.2, 0) is 11.3 Å². The summed E-state index contributed by atoms with van der Waals surface area (Å²) in [7, 11) is 3.21. The van der Waals surface area contributed by atoms with Crippen molar-refractivity contribution in [1.29, 1.82) is 0 Å². The topological polar surface area (TPSA) is 49.8 Å². The molecule has 2 rings (SSSR count). The Morgan fingerprint density at radius 3 is 2.68 bits per heavy atom. The number of halogens is 1. The molecule has 6 heteroatoms. The van der Waals surface area contributed by atoms with Crippen LogP contribution in [0.25, 0.3) is 0 Å². The Bertz CT molecular complexity index is 627. The molecule has 2 aromatic rings. The van der Waals surface area contributed by atoms with Gasteiger partial charge in [0.25, 0.3) is 0 Å². The van der Waals surface area contributed by atoms with Crippen LogP contribution in [0.5, 0.6) is 0 Å². The van der Waals surface area contributed by atoms with Crippen molar-refractivity contribution in [3.05, 3.63) is 57.5 Å². The molecule has 1 N–H and O–H groups in total. The molecule has 1 aromatic carbocycles. The number of nitrogens with zero attached hydrogens (tertiary/aromatic N) is 1. The zero-order valence-electron chi connectivity index (χ0n) is 12.5. The molecule has 0 aliphatic carbocycles. The zero-order chi connectivity index (χ0) is 16.1. The summed E-state index contributed by atoms with van der Waals surface area (Å²) in [6.07, 6.45) is -0.717. The number of methoxy groups -OCH3 is 1. The molecule has 0 spiro atoms. The molecular formula is C16H18FNO3S. The van der Waals surface area contributed by atoms with Crippen LogP contribution in [-0.4, -0.2) is 36.7 Å². The fraction of sp³-hybridized carbons (Fsp3) is 0.312. The average Bonchev–Trinajstić information content (AvgIpc) is 2.95. The van der Waals surface area contributed by atoms with Gasteiger partial charge >= 0.3 is 5.97 Å². The van der Waals surface area contributed by atoms with Gasteiger partial charge in [-0.05, 0) is 41.8 Å². The first-order valence-electron chi connectivity index (χ1n) is 6.78. The Balaban J connectivity index is 1.98. The van der Waals surface area contributed by atoms with Crippen LogP contribution >= 0.6 is 11.3 Å². The molecule has 4 nitrogen and oxygen atoms in total. The van der Waals surface area contributed by atoms with E-state index in [1.54, 1.807) is 12.1 Å². The Kier molecular flexibility index (Phi) is 5.65. The number of rotatable bonds is 6. The minimum absolute atomic E-state index is 0.328. The van der Waals surface area contributed by atoms with Gasteiger partial charge in [0.1, 0.15) is 10.7 Å². The maximum absolute atomic E-state index is 12.9. The quantitative estimate of drug-likeness (QED) is 0.831. The van der Waals surface area contributed by atoms with E-state index in [-0.39, 0.29) is 11.8 Å². The van der Waals surface area contributed by atoms with Gasteiger partial charge in [-0.1, -0.05) is 12.1 Å².